The van der Waals surface area contributed by atoms with Gasteiger partial charge in [-0.05, 0) is 18.6 Å². The summed E-state index contributed by atoms with van der Waals surface area (Å²) in [6.45, 7) is 3.02. The van der Waals surface area contributed by atoms with Crippen LogP contribution >= 0.6 is 12.2 Å². The minimum absolute atomic E-state index is 0.604. The molecule has 0 aromatic heterocycles. The normalized spacial score (nSPS) is 8.25. The second-order valence-electron chi connectivity index (χ2n) is 1.46. The van der Waals surface area contributed by atoms with Gasteiger partial charge in [-0.15, -0.1) is 0 Å². The summed E-state index contributed by atoms with van der Waals surface area (Å²) in [5, 5.41) is 7.30. The number of hydrogen-bond donors (Lipinski definition) is 1. The first-order valence-electron chi connectivity index (χ1n) is 2.69. The first kappa shape index (κ1) is 7.69. The zero-order chi connectivity index (χ0) is 6.41. The molecule has 0 saturated carbocycles. The van der Waals surface area contributed by atoms with Crippen molar-refractivity contribution in [1.82, 2.24) is 10.6 Å². The summed E-state index contributed by atoms with van der Waals surface area (Å²) in [7, 11) is 1.69. The van der Waals surface area contributed by atoms with Crippen LogP contribution in [-0.2, 0) is 0 Å². The maximum Gasteiger partial charge on any atom is 0.187 e. The van der Waals surface area contributed by atoms with Gasteiger partial charge in [0.25, 0.3) is 0 Å². The predicted molar refractivity (Wildman–Crippen MR) is 38.9 cm³/mol. The van der Waals surface area contributed by atoms with E-state index in [1.54, 1.807) is 7.05 Å². The average Bonchev–Trinajstić information content (AvgIpc) is 1.83. The van der Waals surface area contributed by atoms with Gasteiger partial charge < -0.3 is 5.32 Å². The molecule has 8 heavy (non-hydrogen) atoms. The Balaban J connectivity index is 2.99. The van der Waals surface area contributed by atoms with Crippen molar-refractivity contribution < 1.29 is 0 Å². The van der Waals surface area contributed by atoms with Crippen molar-refractivity contribution in [2.24, 2.45) is 0 Å². The molecular formula is C5H11N2S. The summed E-state index contributed by atoms with van der Waals surface area (Å²) in [4.78, 5) is 0. The molecule has 0 amide bonds. The molecule has 0 rings (SSSR count). The lowest BCUT2D eigenvalue weighted by Gasteiger charge is -2.00. The summed E-state index contributed by atoms with van der Waals surface area (Å²) in [5.41, 5.74) is 0. The highest BCUT2D eigenvalue weighted by Gasteiger charge is 1.86. The summed E-state index contributed by atoms with van der Waals surface area (Å²) in [6.07, 6.45) is 1.09. The fourth-order valence-electron chi connectivity index (χ4n) is 0.311. The lowest BCUT2D eigenvalue weighted by molar-refractivity contribution is 0.826. The van der Waals surface area contributed by atoms with Gasteiger partial charge in [0, 0.05) is 13.6 Å². The van der Waals surface area contributed by atoms with Crippen LogP contribution in [0.25, 0.3) is 0 Å². The third kappa shape index (κ3) is 3.87. The molecule has 1 radical (unpaired) electrons. The number of nitrogens with zero attached hydrogens (tertiary/aromatic N) is 1. The molecular weight excluding hydrogens is 120 g/mol. The van der Waals surface area contributed by atoms with Gasteiger partial charge in [0.15, 0.2) is 5.11 Å². The molecule has 3 heteroatoms. The number of hydrogen-bond acceptors (Lipinski definition) is 1. The van der Waals surface area contributed by atoms with Gasteiger partial charge in [0.1, 0.15) is 0 Å². The maximum atomic E-state index is 4.74. The van der Waals surface area contributed by atoms with E-state index in [-0.39, 0.29) is 0 Å². The van der Waals surface area contributed by atoms with Crippen molar-refractivity contribution in [2.75, 3.05) is 13.6 Å². The van der Waals surface area contributed by atoms with Crippen molar-refractivity contribution in [2.45, 2.75) is 13.3 Å². The van der Waals surface area contributed by atoms with E-state index in [2.05, 4.69) is 17.6 Å². The summed E-state index contributed by atoms with van der Waals surface area (Å²) in [6, 6.07) is 0. The van der Waals surface area contributed by atoms with E-state index in [4.69, 9.17) is 12.2 Å². The predicted octanol–water partition coefficient (Wildman–Crippen LogP) is 0.505. The quantitative estimate of drug-likeness (QED) is 0.552. The van der Waals surface area contributed by atoms with Crippen LogP contribution in [0, 0.1) is 0 Å². The highest BCUT2D eigenvalue weighted by molar-refractivity contribution is 7.80. The Morgan fingerprint density at radius 1 is 1.75 bits per heavy atom. The van der Waals surface area contributed by atoms with Crippen LogP contribution in [0.4, 0.5) is 0 Å². The molecule has 0 atom stereocenters. The van der Waals surface area contributed by atoms with Crippen molar-refractivity contribution in [3.8, 4) is 0 Å². The molecule has 0 saturated heterocycles. The SMILES string of the molecule is CCCNC(=S)[N]C. The molecule has 0 bridgehead atoms. The summed E-state index contributed by atoms with van der Waals surface area (Å²) in [5.74, 6) is 0. The van der Waals surface area contributed by atoms with Crippen molar-refractivity contribution in [3.63, 3.8) is 0 Å². The molecule has 0 aliphatic rings. The molecule has 0 aliphatic heterocycles. The summed E-state index contributed by atoms with van der Waals surface area (Å²) < 4.78 is 0. The Morgan fingerprint density at radius 3 is 2.75 bits per heavy atom. The molecule has 0 heterocycles. The van der Waals surface area contributed by atoms with Crippen LogP contribution in [0.2, 0.25) is 0 Å². The largest absolute Gasteiger partial charge is 0.361 e. The number of nitrogens with one attached hydrogen (secondary N) is 1. The maximum absolute atomic E-state index is 4.74. The van der Waals surface area contributed by atoms with E-state index in [1.165, 1.54) is 0 Å². The molecule has 0 spiro atoms. The first-order chi connectivity index (χ1) is 3.81. The van der Waals surface area contributed by atoms with Crippen LogP contribution < -0.4 is 10.6 Å². The minimum Gasteiger partial charge on any atom is -0.361 e. The van der Waals surface area contributed by atoms with Crippen molar-refractivity contribution in [1.29, 1.82) is 0 Å². The number of rotatable bonds is 2. The second-order valence-corrected chi connectivity index (χ2v) is 1.84. The van der Waals surface area contributed by atoms with Gasteiger partial charge in [-0.3, -0.25) is 5.32 Å². The van der Waals surface area contributed by atoms with E-state index in [9.17, 15) is 0 Å². The molecule has 0 fully saturated rings. The standard InChI is InChI=1S/C5H11N2S/c1-3-4-7-5(8)6-2/h3-4H2,1-2H3,(H,7,8). The third-order valence-electron chi connectivity index (χ3n) is 0.729. The smallest absolute Gasteiger partial charge is 0.187 e. The van der Waals surface area contributed by atoms with E-state index in [0.29, 0.717) is 5.11 Å². The van der Waals surface area contributed by atoms with Crippen molar-refractivity contribution in [3.05, 3.63) is 0 Å². The topological polar surface area (TPSA) is 26.1 Å². The van der Waals surface area contributed by atoms with Crippen molar-refractivity contribution >= 4 is 17.3 Å². The Labute approximate surface area is 55.7 Å². The van der Waals surface area contributed by atoms with E-state index >= 15 is 0 Å². The summed E-state index contributed by atoms with van der Waals surface area (Å²) >= 11 is 4.74. The van der Waals surface area contributed by atoms with Crippen LogP contribution in [0.15, 0.2) is 0 Å². The molecule has 1 N–H and O–H groups in total. The zero-order valence-corrected chi connectivity index (χ0v) is 6.09. The molecule has 0 unspecified atom stereocenters. The van der Waals surface area contributed by atoms with Gasteiger partial charge in [-0.2, -0.15) is 0 Å². The van der Waals surface area contributed by atoms with Crippen LogP contribution in [-0.4, -0.2) is 18.7 Å². The van der Waals surface area contributed by atoms with Gasteiger partial charge in [-0.25, -0.2) is 0 Å². The van der Waals surface area contributed by atoms with Crippen LogP contribution in [0.5, 0.6) is 0 Å². The highest BCUT2D eigenvalue weighted by atomic mass is 32.1. The minimum atomic E-state index is 0.604. The Hall–Kier alpha value is -0.310. The molecule has 2 nitrogen and oxygen atoms in total. The molecule has 0 aromatic carbocycles. The van der Waals surface area contributed by atoms with E-state index in [1.807, 2.05) is 0 Å². The highest BCUT2D eigenvalue weighted by Crippen LogP contribution is 1.70. The molecule has 0 aromatic rings. The third-order valence-corrected chi connectivity index (χ3v) is 1.06. The van der Waals surface area contributed by atoms with Gasteiger partial charge in [0.05, 0.1) is 0 Å². The van der Waals surface area contributed by atoms with Crippen LogP contribution in [0.3, 0.4) is 0 Å². The fraction of sp³-hybridized carbons (Fsp3) is 0.800. The lowest BCUT2D eigenvalue weighted by atomic mass is 10.5. The Kier molecular flexibility index (Phi) is 4.65. The van der Waals surface area contributed by atoms with Gasteiger partial charge in [0.2, 0.25) is 0 Å². The first-order valence-corrected chi connectivity index (χ1v) is 3.09. The monoisotopic (exact) mass is 131 g/mol. The van der Waals surface area contributed by atoms with E-state index < -0.39 is 0 Å². The van der Waals surface area contributed by atoms with Crippen LogP contribution in [0.1, 0.15) is 13.3 Å². The fourth-order valence-corrected chi connectivity index (χ4v) is 0.413. The Bertz CT molecular complexity index is 72.8. The molecule has 0 aliphatic carbocycles. The van der Waals surface area contributed by atoms with Gasteiger partial charge >= 0.3 is 0 Å². The van der Waals surface area contributed by atoms with E-state index in [0.717, 1.165) is 13.0 Å². The van der Waals surface area contributed by atoms with Gasteiger partial charge in [-0.1, -0.05) is 6.92 Å². The molecule has 47 valence electrons. The zero-order valence-electron chi connectivity index (χ0n) is 5.27. The lowest BCUT2D eigenvalue weighted by Crippen LogP contribution is -2.28. The average molecular weight is 131 g/mol. The second kappa shape index (κ2) is 4.84. The number of thiocarbonyl (C=S) groups is 1. The Morgan fingerprint density at radius 2 is 2.38 bits per heavy atom.